The van der Waals surface area contributed by atoms with Crippen molar-refractivity contribution in [3.63, 3.8) is 0 Å². The Labute approximate surface area is 150 Å². The van der Waals surface area contributed by atoms with E-state index in [1.807, 2.05) is 38.3 Å². The number of nitrogens with zero attached hydrogens (tertiary/aromatic N) is 3. The highest BCUT2D eigenvalue weighted by molar-refractivity contribution is 6.30. The number of nitrogens with two attached hydrogens (primary N) is 1. The predicted octanol–water partition coefficient (Wildman–Crippen LogP) is 4.35. The number of halogens is 2. The van der Waals surface area contributed by atoms with Crippen LogP contribution in [0.2, 0.25) is 5.02 Å². The van der Waals surface area contributed by atoms with E-state index in [-0.39, 0.29) is 17.0 Å². The van der Waals surface area contributed by atoms with Crippen molar-refractivity contribution < 1.29 is 9.13 Å². The molecule has 2 heterocycles. The molecule has 0 radical (unpaired) electrons. The van der Waals surface area contributed by atoms with Crippen molar-refractivity contribution in [3.8, 4) is 5.75 Å². The van der Waals surface area contributed by atoms with Crippen molar-refractivity contribution in [2.24, 2.45) is 0 Å². The number of fused-ring (bicyclic) bond motifs is 1. The SMILES string of the molecule is Cc1nc([C@@H](C)c2cc(Cl)c(F)cc2OC(C)C)n2ccnc(N)c12. The third kappa shape index (κ3) is 3.14. The van der Waals surface area contributed by atoms with Gasteiger partial charge >= 0.3 is 0 Å². The van der Waals surface area contributed by atoms with Gasteiger partial charge in [-0.1, -0.05) is 18.5 Å². The topological polar surface area (TPSA) is 65.4 Å². The average Bonchev–Trinajstić information content (AvgIpc) is 2.88. The fraction of sp³-hybridized carbons (Fsp3) is 0.333. The van der Waals surface area contributed by atoms with E-state index in [1.54, 1.807) is 12.3 Å². The molecule has 0 aliphatic carbocycles. The second-order valence-corrected chi connectivity index (χ2v) is 6.69. The largest absolute Gasteiger partial charge is 0.491 e. The lowest BCUT2D eigenvalue weighted by Crippen LogP contribution is -2.11. The van der Waals surface area contributed by atoms with Crippen LogP contribution in [0.5, 0.6) is 5.75 Å². The molecule has 0 spiro atoms. The van der Waals surface area contributed by atoms with Crippen molar-refractivity contribution in [2.75, 3.05) is 5.73 Å². The first-order chi connectivity index (χ1) is 11.8. The summed E-state index contributed by atoms with van der Waals surface area (Å²) in [5, 5.41) is 0.0525. The molecule has 2 N–H and O–H groups in total. The van der Waals surface area contributed by atoms with E-state index < -0.39 is 5.82 Å². The Hall–Kier alpha value is -2.34. The first-order valence-electron chi connectivity index (χ1n) is 8.04. The quantitative estimate of drug-likeness (QED) is 0.749. The molecule has 7 heteroatoms. The van der Waals surface area contributed by atoms with Crippen molar-refractivity contribution in [1.82, 2.24) is 14.4 Å². The Kier molecular flexibility index (Phi) is 4.56. The van der Waals surface area contributed by atoms with Gasteiger partial charge in [0.05, 0.1) is 16.8 Å². The van der Waals surface area contributed by atoms with Gasteiger partial charge in [0.25, 0.3) is 0 Å². The Bertz CT molecular complexity index is 938. The second-order valence-electron chi connectivity index (χ2n) is 6.28. The number of rotatable bonds is 4. The van der Waals surface area contributed by atoms with E-state index >= 15 is 0 Å². The summed E-state index contributed by atoms with van der Waals surface area (Å²) in [6, 6.07) is 2.92. The zero-order valence-corrected chi connectivity index (χ0v) is 15.3. The first-order valence-corrected chi connectivity index (χ1v) is 8.42. The van der Waals surface area contributed by atoms with E-state index in [9.17, 15) is 4.39 Å². The maximum absolute atomic E-state index is 13.9. The maximum atomic E-state index is 13.9. The van der Waals surface area contributed by atoms with Crippen LogP contribution < -0.4 is 10.5 Å². The van der Waals surface area contributed by atoms with Crippen LogP contribution >= 0.6 is 11.6 Å². The summed E-state index contributed by atoms with van der Waals surface area (Å²) in [6.07, 6.45) is 3.35. The Balaban J connectivity index is 2.17. The average molecular weight is 363 g/mol. The molecule has 0 amide bonds. The van der Waals surface area contributed by atoms with Gasteiger partial charge in [-0.3, -0.25) is 4.40 Å². The number of benzene rings is 1. The molecular formula is C18H20ClFN4O. The van der Waals surface area contributed by atoms with Crippen LogP contribution in [-0.4, -0.2) is 20.5 Å². The maximum Gasteiger partial charge on any atom is 0.149 e. The molecule has 25 heavy (non-hydrogen) atoms. The molecule has 3 aromatic rings. The summed E-state index contributed by atoms with van der Waals surface area (Å²) >= 11 is 6.01. The number of anilines is 1. The van der Waals surface area contributed by atoms with E-state index in [0.29, 0.717) is 11.6 Å². The van der Waals surface area contributed by atoms with E-state index in [1.165, 1.54) is 6.07 Å². The highest BCUT2D eigenvalue weighted by Gasteiger charge is 2.23. The molecule has 132 valence electrons. The molecule has 0 aliphatic rings. The van der Waals surface area contributed by atoms with Crippen molar-refractivity contribution in [2.45, 2.75) is 39.7 Å². The minimum absolute atomic E-state index is 0.0525. The van der Waals surface area contributed by atoms with Gasteiger partial charge in [0.1, 0.15) is 28.7 Å². The van der Waals surface area contributed by atoms with E-state index in [0.717, 1.165) is 22.6 Å². The van der Waals surface area contributed by atoms with Crippen LogP contribution in [0.4, 0.5) is 10.2 Å². The van der Waals surface area contributed by atoms with Gasteiger partial charge in [-0.15, -0.1) is 0 Å². The van der Waals surface area contributed by atoms with E-state index in [4.69, 9.17) is 22.1 Å². The lowest BCUT2D eigenvalue weighted by molar-refractivity contribution is 0.238. The molecule has 1 atom stereocenters. The van der Waals surface area contributed by atoms with Crippen molar-refractivity contribution in [1.29, 1.82) is 0 Å². The molecule has 0 bridgehead atoms. The fourth-order valence-electron chi connectivity index (χ4n) is 2.95. The molecule has 0 saturated carbocycles. The molecule has 0 saturated heterocycles. The Morgan fingerprint density at radius 1 is 1.28 bits per heavy atom. The number of aryl methyl sites for hydroxylation is 1. The van der Waals surface area contributed by atoms with Gasteiger partial charge in [0, 0.05) is 29.9 Å². The number of hydrogen-bond acceptors (Lipinski definition) is 4. The van der Waals surface area contributed by atoms with E-state index in [2.05, 4.69) is 9.97 Å². The van der Waals surface area contributed by atoms with Crippen LogP contribution in [0.1, 0.15) is 43.8 Å². The third-order valence-corrected chi connectivity index (χ3v) is 4.34. The van der Waals surface area contributed by atoms with Crippen LogP contribution in [0, 0.1) is 12.7 Å². The summed E-state index contributed by atoms with van der Waals surface area (Å²) < 4.78 is 21.6. The highest BCUT2D eigenvalue weighted by atomic mass is 35.5. The lowest BCUT2D eigenvalue weighted by atomic mass is 9.99. The number of imidazole rings is 1. The minimum atomic E-state index is -0.508. The number of aromatic nitrogens is 3. The monoisotopic (exact) mass is 362 g/mol. The normalized spacial score (nSPS) is 12.8. The third-order valence-electron chi connectivity index (χ3n) is 4.05. The summed E-state index contributed by atoms with van der Waals surface area (Å²) in [6.45, 7) is 7.64. The fourth-order valence-corrected chi connectivity index (χ4v) is 3.12. The van der Waals surface area contributed by atoms with Crippen molar-refractivity contribution in [3.05, 3.63) is 52.4 Å². The molecular weight excluding hydrogens is 343 g/mol. The summed E-state index contributed by atoms with van der Waals surface area (Å²) in [5.41, 5.74) is 8.30. The van der Waals surface area contributed by atoms with Crippen LogP contribution in [-0.2, 0) is 0 Å². The van der Waals surface area contributed by atoms with Gasteiger partial charge in [-0.25, -0.2) is 14.4 Å². The van der Waals surface area contributed by atoms with Gasteiger partial charge in [-0.05, 0) is 26.8 Å². The molecule has 5 nitrogen and oxygen atoms in total. The number of hydrogen-bond donors (Lipinski definition) is 1. The van der Waals surface area contributed by atoms with Crippen LogP contribution in [0.3, 0.4) is 0 Å². The molecule has 3 rings (SSSR count). The van der Waals surface area contributed by atoms with Gasteiger partial charge < -0.3 is 10.5 Å². The molecule has 2 aromatic heterocycles. The molecule has 1 aromatic carbocycles. The smallest absolute Gasteiger partial charge is 0.149 e. The summed E-state index contributed by atoms with van der Waals surface area (Å²) in [4.78, 5) is 8.77. The van der Waals surface area contributed by atoms with Gasteiger partial charge in [-0.2, -0.15) is 0 Å². The predicted molar refractivity (Wildman–Crippen MR) is 96.8 cm³/mol. The zero-order valence-electron chi connectivity index (χ0n) is 14.5. The summed E-state index contributed by atoms with van der Waals surface area (Å²) in [7, 11) is 0. The number of nitrogen functional groups attached to an aromatic ring is 1. The lowest BCUT2D eigenvalue weighted by Gasteiger charge is -2.19. The van der Waals surface area contributed by atoms with Crippen LogP contribution in [0.25, 0.3) is 5.52 Å². The standard InChI is InChI=1S/C18H20ClFN4O/c1-9(2)25-15-8-14(20)13(19)7-12(15)10(3)18-23-11(4)16-17(21)22-5-6-24(16)18/h5-10H,1-4H3,(H2,21,22)/t10-/m0/s1. The number of ether oxygens (including phenoxy) is 1. The van der Waals surface area contributed by atoms with Gasteiger partial charge in [0.2, 0.25) is 0 Å². The summed E-state index contributed by atoms with van der Waals surface area (Å²) in [5.74, 6) is 0.946. The minimum Gasteiger partial charge on any atom is -0.491 e. The zero-order chi connectivity index (χ0) is 18.3. The molecule has 0 unspecified atom stereocenters. The Morgan fingerprint density at radius 2 is 2.00 bits per heavy atom. The first kappa shape index (κ1) is 17.5. The van der Waals surface area contributed by atoms with Gasteiger partial charge in [0.15, 0.2) is 0 Å². The Morgan fingerprint density at radius 3 is 2.68 bits per heavy atom. The van der Waals surface area contributed by atoms with Crippen LogP contribution in [0.15, 0.2) is 24.5 Å². The second kappa shape index (κ2) is 6.52. The molecule has 0 fully saturated rings. The molecule has 0 aliphatic heterocycles. The van der Waals surface area contributed by atoms with Crippen molar-refractivity contribution >= 4 is 22.9 Å². The highest BCUT2D eigenvalue weighted by Crippen LogP contribution is 2.36.